The second kappa shape index (κ2) is 6.14. The second-order valence-corrected chi connectivity index (χ2v) is 4.32. The third-order valence-corrected chi connectivity index (χ3v) is 3.04. The molecule has 2 aromatic rings. The van der Waals surface area contributed by atoms with Crippen LogP contribution in [0.2, 0.25) is 0 Å². The number of ether oxygens (including phenoxy) is 2. The molecule has 2 aromatic carbocycles. The van der Waals surface area contributed by atoms with Gasteiger partial charge in [-0.3, -0.25) is 0 Å². The number of rotatable bonds is 5. The number of hydrogen-bond donors (Lipinski definition) is 1. The molecule has 100 valence electrons. The monoisotopic (exact) mass is 257 g/mol. The van der Waals surface area contributed by atoms with Crippen molar-refractivity contribution in [1.29, 1.82) is 0 Å². The molecule has 2 rings (SSSR count). The van der Waals surface area contributed by atoms with Crippen LogP contribution in [-0.4, -0.2) is 7.11 Å². The number of nitrogens with two attached hydrogens (primary N) is 1. The number of para-hydroxylation sites is 1. The Labute approximate surface area is 114 Å². The molecule has 0 amide bonds. The lowest BCUT2D eigenvalue weighted by Crippen LogP contribution is -2.01. The highest BCUT2D eigenvalue weighted by molar-refractivity contribution is 5.48. The lowest BCUT2D eigenvalue weighted by atomic mass is 10.1. The van der Waals surface area contributed by atoms with Gasteiger partial charge in [-0.2, -0.15) is 0 Å². The highest BCUT2D eigenvalue weighted by Crippen LogP contribution is 2.24. The van der Waals surface area contributed by atoms with Crippen LogP contribution in [0.25, 0.3) is 0 Å². The summed E-state index contributed by atoms with van der Waals surface area (Å²) < 4.78 is 11.2. The third-order valence-electron chi connectivity index (χ3n) is 3.04. The Morgan fingerprint density at radius 2 is 1.79 bits per heavy atom. The third kappa shape index (κ3) is 3.19. The number of aryl methyl sites for hydroxylation is 1. The maximum atomic E-state index is 5.88. The summed E-state index contributed by atoms with van der Waals surface area (Å²) in [4.78, 5) is 0. The fourth-order valence-corrected chi connectivity index (χ4v) is 2.00. The van der Waals surface area contributed by atoms with Gasteiger partial charge in [-0.1, -0.05) is 25.1 Å². The SMILES string of the molecule is CCc1ccccc1OCc1cc(N)ccc1OC. The van der Waals surface area contributed by atoms with E-state index in [2.05, 4.69) is 13.0 Å². The minimum atomic E-state index is 0.450. The molecule has 0 saturated heterocycles. The van der Waals surface area contributed by atoms with E-state index in [0.717, 1.165) is 23.5 Å². The fraction of sp³-hybridized carbons (Fsp3) is 0.250. The van der Waals surface area contributed by atoms with Crippen molar-refractivity contribution < 1.29 is 9.47 Å². The van der Waals surface area contributed by atoms with E-state index >= 15 is 0 Å². The highest BCUT2D eigenvalue weighted by atomic mass is 16.5. The molecule has 0 radical (unpaired) electrons. The van der Waals surface area contributed by atoms with Crippen LogP contribution in [-0.2, 0) is 13.0 Å². The Morgan fingerprint density at radius 3 is 2.53 bits per heavy atom. The van der Waals surface area contributed by atoms with Gasteiger partial charge in [-0.25, -0.2) is 0 Å². The Bertz CT molecular complexity index is 552. The zero-order valence-electron chi connectivity index (χ0n) is 11.3. The summed E-state index contributed by atoms with van der Waals surface area (Å²) in [6, 6.07) is 13.6. The quantitative estimate of drug-likeness (QED) is 0.835. The van der Waals surface area contributed by atoms with Gasteiger partial charge in [0, 0.05) is 11.3 Å². The van der Waals surface area contributed by atoms with E-state index in [1.54, 1.807) is 7.11 Å². The van der Waals surface area contributed by atoms with Gasteiger partial charge in [0.15, 0.2) is 0 Å². The molecule has 3 heteroatoms. The first-order chi connectivity index (χ1) is 9.24. The molecule has 2 N–H and O–H groups in total. The van der Waals surface area contributed by atoms with Gasteiger partial charge < -0.3 is 15.2 Å². The average molecular weight is 257 g/mol. The van der Waals surface area contributed by atoms with Gasteiger partial charge in [-0.05, 0) is 36.2 Å². The molecule has 3 nitrogen and oxygen atoms in total. The topological polar surface area (TPSA) is 44.5 Å². The van der Waals surface area contributed by atoms with Gasteiger partial charge in [0.1, 0.15) is 18.1 Å². The summed E-state index contributed by atoms with van der Waals surface area (Å²) in [5, 5.41) is 0. The molecule has 0 atom stereocenters. The van der Waals surface area contributed by atoms with Crippen LogP contribution in [0.5, 0.6) is 11.5 Å². The average Bonchev–Trinajstić information content (AvgIpc) is 2.45. The summed E-state index contributed by atoms with van der Waals surface area (Å²) in [6.45, 7) is 2.56. The predicted octanol–water partition coefficient (Wildman–Crippen LogP) is 3.42. The van der Waals surface area contributed by atoms with Crippen LogP contribution in [0.4, 0.5) is 5.69 Å². The van der Waals surface area contributed by atoms with Crippen molar-refractivity contribution in [2.75, 3.05) is 12.8 Å². The van der Waals surface area contributed by atoms with Gasteiger partial charge in [0.25, 0.3) is 0 Å². The zero-order valence-corrected chi connectivity index (χ0v) is 11.3. The lowest BCUT2D eigenvalue weighted by molar-refractivity contribution is 0.294. The molecule has 0 aliphatic carbocycles. The van der Waals surface area contributed by atoms with Crippen LogP contribution >= 0.6 is 0 Å². The van der Waals surface area contributed by atoms with E-state index in [1.807, 2.05) is 36.4 Å². The summed E-state index contributed by atoms with van der Waals surface area (Å²) in [5.74, 6) is 1.71. The van der Waals surface area contributed by atoms with E-state index in [-0.39, 0.29) is 0 Å². The first-order valence-corrected chi connectivity index (χ1v) is 6.37. The van der Waals surface area contributed by atoms with Crippen LogP contribution in [0, 0.1) is 0 Å². The molecule has 0 fully saturated rings. The van der Waals surface area contributed by atoms with Crippen molar-refractivity contribution in [2.45, 2.75) is 20.0 Å². The first kappa shape index (κ1) is 13.3. The lowest BCUT2D eigenvalue weighted by Gasteiger charge is -2.13. The number of anilines is 1. The summed E-state index contributed by atoms with van der Waals surface area (Å²) in [6.07, 6.45) is 0.949. The van der Waals surface area contributed by atoms with Gasteiger partial charge in [-0.15, -0.1) is 0 Å². The molecule has 0 aliphatic rings. The van der Waals surface area contributed by atoms with Crippen molar-refractivity contribution in [1.82, 2.24) is 0 Å². The smallest absolute Gasteiger partial charge is 0.125 e. The van der Waals surface area contributed by atoms with Gasteiger partial charge >= 0.3 is 0 Å². The Balaban J connectivity index is 2.16. The maximum Gasteiger partial charge on any atom is 0.125 e. The van der Waals surface area contributed by atoms with E-state index in [1.165, 1.54) is 5.56 Å². The molecule has 19 heavy (non-hydrogen) atoms. The van der Waals surface area contributed by atoms with Crippen LogP contribution in [0.15, 0.2) is 42.5 Å². The van der Waals surface area contributed by atoms with Crippen molar-refractivity contribution in [3.8, 4) is 11.5 Å². The van der Waals surface area contributed by atoms with Crippen LogP contribution in [0.3, 0.4) is 0 Å². The molecule has 0 aromatic heterocycles. The van der Waals surface area contributed by atoms with Crippen molar-refractivity contribution in [2.24, 2.45) is 0 Å². The summed E-state index contributed by atoms with van der Waals surface area (Å²) in [5.41, 5.74) is 8.66. The number of hydrogen-bond acceptors (Lipinski definition) is 3. The van der Waals surface area contributed by atoms with Crippen molar-refractivity contribution in [3.63, 3.8) is 0 Å². The van der Waals surface area contributed by atoms with E-state index in [0.29, 0.717) is 12.3 Å². The minimum Gasteiger partial charge on any atom is -0.496 e. The molecule has 0 spiro atoms. The fourth-order valence-electron chi connectivity index (χ4n) is 2.00. The van der Waals surface area contributed by atoms with Gasteiger partial charge in [0.2, 0.25) is 0 Å². The van der Waals surface area contributed by atoms with E-state index < -0.39 is 0 Å². The minimum absolute atomic E-state index is 0.450. The molecule has 0 heterocycles. The molecular weight excluding hydrogens is 238 g/mol. The molecule has 0 bridgehead atoms. The molecule has 0 saturated carbocycles. The normalized spacial score (nSPS) is 10.2. The van der Waals surface area contributed by atoms with Crippen molar-refractivity contribution >= 4 is 5.69 Å². The van der Waals surface area contributed by atoms with Crippen LogP contribution in [0.1, 0.15) is 18.1 Å². The number of benzene rings is 2. The summed E-state index contributed by atoms with van der Waals surface area (Å²) in [7, 11) is 1.65. The van der Waals surface area contributed by atoms with Crippen molar-refractivity contribution in [3.05, 3.63) is 53.6 Å². The summed E-state index contributed by atoms with van der Waals surface area (Å²) >= 11 is 0. The number of methoxy groups -OCH3 is 1. The first-order valence-electron chi connectivity index (χ1n) is 6.37. The van der Waals surface area contributed by atoms with E-state index in [4.69, 9.17) is 15.2 Å². The Hall–Kier alpha value is -2.16. The second-order valence-electron chi connectivity index (χ2n) is 4.32. The maximum absolute atomic E-state index is 5.88. The Morgan fingerprint density at radius 1 is 1.00 bits per heavy atom. The predicted molar refractivity (Wildman–Crippen MR) is 77.6 cm³/mol. The molecule has 0 aliphatic heterocycles. The number of nitrogen functional groups attached to an aromatic ring is 1. The Kier molecular flexibility index (Phi) is 4.29. The standard InChI is InChI=1S/C16H19NO2/c1-3-12-6-4-5-7-16(12)19-11-13-10-14(17)8-9-15(13)18-2/h4-10H,3,11,17H2,1-2H3. The molecular formula is C16H19NO2. The van der Waals surface area contributed by atoms with E-state index in [9.17, 15) is 0 Å². The zero-order chi connectivity index (χ0) is 13.7. The highest BCUT2D eigenvalue weighted by Gasteiger charge is 2.06. The van der Waals surface area contributed by atoms with Crippen LogP contribution < -0.4 is 15.2 Å². The van der Waals surface area contributed by atoms with Gasteiger partial charge in [0.05, 0.1) is 7.11 Å². The molecule has 0 unspecified atom stereocenters. The largest absolute Gasteiger partial charge is 0.496 e.